The van der Waals surface area contributed by atoms with E-state index in [-0.39, 0.29) is 5.41 Å². The molecule has 4 heteroatoms. The summed E-state index contributed by atoms with van der Waals surface area (Å²) in [7, 11) is 0. The van der Waals surface area contributed by atoms with E-state index in [0.717, 1.165) is 17.4 Å². The van der Waals surface area contributed by atoms with Crippen LogP contribution in [0.15, 0.2) is 24.3 Å². The van der Waals surface area contributed by atoms with Crippen molar-refractivity contribution in [2.75, 3.05) is 6.54 Å². The Morgan fingerprint density at radius 1 is 0.909 bits per heavy atom. The van der Waals surface area contributed by atoms with Crippen LogP contribution in [0.5, 0.6) is 0 Å². The zero-order valence-corrected chi connectivity index (χ0v) is 12.6. The first-order valence-electron chi connectivity index (χ1n) is 8.31. The number of rotatable bonds is 2. The molecule has 22 heavy (non-hydrogen) atoms. The molecule has 4 fully saturated rings. The molecule has 0 amide bonds. The highest BCUT2D eigenvalue weighted by Gasteiger charge is 2.57. The van der Waals surface area contributed by atoms with Crippen molar-refractivity contribution >= 4 is 0 Å². The topological polar surface area (TPSA) is 26.0 Å². The van der Waals surface area contributed by atoms with E-state index in [0.29, 0.717) is 18.4 Å². The average molecular weight is 309 g/mol. The Hall–Kier alpha value is -1.03. The smallest absolute Gasteiger partial charge is 0.330 e. The Labute approximate surface area is 129 Å². The van der Waals surface area contributed by atoms with Crippen LogP contribution in [0.4, 0.5) is 13.2 Å². The Morgan fingerprint density at radius 2 is 1.41 bits per heavy atom. The van der Waals surface area contributed by atoms with Gasteiger partial charge in [-0.05, 0) is 73.5 Å². The van der Waals surface area contributed by atoms with E-state index < -0.39 is 11.7 Å². The average Bonchev–Trinajstić information content (AvgIpc) is 2.47. The van der Waals surface area contributed by atoms with Crippen LogP contribution in [0.3, 0.4) is 0 Å². The maximum Gasteiger partial charge on any atom is 0.416 e. The minimum absolute atomic E-state index is 0.0858. The molecule has 0 aromatic heterocycles. The SMILES string of the molecule is NCC1(c2ccc(C(F)(F)F)cc2)C2CC3CC(C2)CC1C3. The molecule has 0 spiro atoms. The predicted molar refractivity (Wildman–Crippen MR) is 79.2 cm³/mol. The van der Waals surface area contributed by atoms with Crippen molar-refractivity contribution in [3.8, 4) is 0 Å². The fourth-order valence-electron chi connectivity index (χ4n) is 5.92. The molecule has 4 bridgehead atoms. The van der Waals surface area contributed by atoms with Crippen molar-refractivity contribution in [3.63, 3.8) is 0 Å². The second-order valence-electron chi connectivity index (χ2n) is 7.62. The van der Waals surface area contributed by atoms with Crippen molar-refractivity contribution in [1.29, 1.82) is 0 Å². The lowest BCUT2D eigenvalue weighted by Gasteiger charge is -2.61. The standard InChI is InChI=1S/C18H22F3N/c19-18(20,21)14-3-1-13(2-4-14)17(10-22)15-6-11-5-12(8-15)9-16(17)7-11/h1-4,11-12,15-16H,5-10,22H2. The Kier molecular flexibility index (Phi) is 3.13. The fourth-order valence-corrected chi connectivity index (χ4v) is 5.92. The third kappa shape index (κ3) is 1.96. The van der Waals surface area contributed by atoms with Gasteiger partial charge in [-0.15, -0.1) is 0 Å². The number of alkyl halides is 3. The van der Waals surface area contributed by atoms with Gasteiger partial charge in [0, 0.05) is 12.0 Å². The zero-order valence-electron chi connectivity index (χ0n) is 12.6. The molecular weight excluding hydrogens is 287 g/mol. The van der Waals surface area contributed by atoms with E-state index in [1.165, 1.54) is 44.2 Å². The van der Waals surface area contributed by atoms with Gasteiger partial charge >= 0.3 is 6.18 Å². The highest BCUT2D eigenvalue weighted by Crippen LogP contribution is 2.62. The summed E-state index contributed by atoms with van der Waals surface area (Å²) in [6, 6.07) is 5.85. The highest BCUT2D eigenvalue weighted by molar-refractivity contribution is 5.35. The second kappa shape index (κ2) is 4.73. The molecule has 4 aliphatic carbocycles. The maximum absolute atomic E-state index is 12.8. The summed E-state index contributed by atoms with van der Waals surface area (Å²) >= 11 is 0. The normalized spacial score (nSPS) is 40.2. The largest absolute Gasteiger partial charge is 0.416 e. The second-order valence-corrected chi connectivity index (χ2v) is 7.62. The summed E-state index contributed by atoms with van der Waals surface area (Å²) in [5.41, 5.74) is 6.61. The van der Waals surface area contributed by atoms with Gasteiger partial charge in [-0.1, -0.05) is 12.1 Å². The van der Waals surface area contributed by atoms with E-state index in [2.05, 4.69) is 0 Å². The number of hydrogen-bond donors (Lipinski definition) is 1. The first-order valence-corrected chi connectivity index (χ1v) is 8.31. The van der Waals surface area contributed by atoms with Gasteiger partial charge in [0.1, 0.15) is 0 Å². The van der Waals surface area contributed by atoms with Crippen LogP contribution in [0.2, 0.25) is 0 Å². The molecule has 0 atom stereocenters. The van der Waals surface area contributed by atoms with E-state index in [4.69, 9.17) is 5.73 Å². The van der Waals surface area contributed by atoms with Crippen LogP contribution in [-0.2, 0) is 11.6 Å². The van der Waals surface area contributed by atoms with Crippen LogP contribution in [0, 0.1) is 23.7 Å². The Morgan fingerprint density at radius 3 is 1.82 bits per heavy atom. The molecular formula is C18H22F3N. The molecule has 0 saturated heterocycles. The molecule has 1 aromatic carbocycles. The lowest BCUT2D eigenvalue weighted by atomic mass is 9.44. The summed E-state index contributed by atoms with van der Waals surface area (Å²) in [5, 5.41) is 0. The van der Waals surface area contributed by atoms with E-state index in [1.807, 2.05) is 0 Å². The van der Waals surface area contributed by atoms with Gasteiger partial charge in [0.15, 0.2) is 0 Å². The minimum Gasteiger partial charge on any atom is -0.330 e. The quantitative estimate of drug-likeness (QED) is 0.863. The highest BCUT2D eigenvalue weighted by atomic mass is 19.4. The van der Waals surface area contributed by atoms with Gasteiger partial charge in [-0.2, -0.15) is 13.2 Å². The number of halogens is 3. The molecule has 0 aliphatic heterocycles. The lowest BCUT2D eigenvalue weighted by molar-refractivity contribution is -0.137. The number of hydrogen-bond acceptors (Lipinski definition) is 1. The van der Waals surface area contributed by atoms with E-state index in [9.17, 15) is 13.2 Å². The van der Waals surface area contributed by atoms with Crippen LogP contribution >= 0.6 is 0 Å². The van der Waals surface area contributed by atoms with Gasteiger partial charge in [-0.25, -0.2) is 0 Å². The molecule has 2 N–H and O–H groups in total. The molecule has 0 unspecified atom stereocenters. The summed E-state index contributed by atoms with van der Waals surface area (Å²) < 4.78 is 38.4. The molecule has 1 nitrogen and oxygen atoms in total. The first-order chi connectivity index (χ1) is 10.4. The van der Waals surface area contributed by atoms with Crippen LogP contribution in [0.25, 0.3) is 0 Å². The van der Waals surface area contributed by atoms with E-state index >= 15 is 0 Å². The van der Waals surface area contributed by atoms with Crippen molar-refractivity contribution in [1.82, 2.24) is 0 Å². The first kappa shape index (κ1) is 14.6. The molecule has 4 saturated carbocycles. The molecule has 0 heterocycles. The summed E-state index contributed by atoms with van der Waals surface area (Å²) in [5.74, 6) is 2.78. The predicted octanol–water partition coefficient (Wildman–Crippen LogP) is 4.36. The molecule has 1 aromatic rings. The van der Waals surface area contributed by atoms with Crippen molar-refractivity contribution in [2.45, 2.75) is 43.7 Å². The third-order valence-electron chi connectivity index (χ3n) is 6.68. The van der Waals surface area contributed by atoms with Crippen LogP contribution < -0.4 is 5.73 Å². The van der Waals surface area contributed by atoms with Gasteiger partial charge in [0.2, 0.25) is 0 Å². The van der Waals surface area contributed by atoms with Gasteiger partial charge in [0.05, 0.1) is 5.56 Å². The monoisotopic (exact) mass is 309 g/mol. The number of benzene rings is 1. The molecule has 4 aliphatic rings. The third-order valence-corrected chi connectivity index (χ3v) is 6.68. The van der Waals surface area contributed by atoms with Crippen molar-refractivity contribution < 1.29 is 13.2 Å². The molecule has 5 rings (SSSR count). The fraction of sp³-hybridized carbons (Fsp3) is 0.667. The van der Waals surface area contributed by atoms with Crippen molar-refractivity contribution in [2.24, 2.45) is 29.4 Å². The van der Waals surface area contributed by atoms with Gasteiger partial charge < -0.3 is 5.73 Å². The number of nitrogens with two attached hydrogens (primary N) is 1. The minimum atomic E-state index is -4.27. The van der Waals surface area contributed by atoms with E-state index in [1.54, 1.807) is 12.1 Å². The van der Waals surface area contributed by atoms with Gasteiger partial charge in [-0.3, -0.25) is 0 Å². The van der Waals surface area contributed by atoms with Crippen LogP contribution in [-0.4, -0.2) is 6.54 Å². The Bertz CT molecular complexity index is 533. The Balaban J connectivity index is 1.72. The summed E-state index contributed by atoms with van der Waals surface area (Å²) in [6.45, 7) is 0.563. The maximum atomic E-state index is 12.8. The summed E-state index contributed by atoms with van der Waals surface area (Å²) in [6.07, 6.45) is 1.95. The zero-order chi connectivity index (χ0) is 15.5. The summed E-state index contributed by atoms with van der Waals surface area (Å²) in [4.78, 5) is 0. The van der Waals surface area contributed by atoms with Crippen molar-refractivity contribution in [3.05, 3.63) is 35.4 Å². The lowest BCUT2D eigenvalue weighted by Crippen LogP contribution is -2.58. The van der Waals surface area contributed by atoms with Crippen LogP contribution in [0.1, 0.15) is 43.2 Å². The van der Waals surface area contributed by atoms with Gasteiger partial charge in [0.25, 0.3) is 0 Å². The molecule has 0 radical (unpaired) electrons. The molecule has 120 valence electrons.